The number of halogens is 1. The van der Waals surface area contributed by atoms with Gasteiger partial charge < -0.3 is 25.8 Å². The number of nitrogens with two attached hydrogens (primary N) is 1. The molecular formula is C13H15ClN6O3. The second-order valence-corrected chi connectivity index (χ2v) is 6.40. The monoisotopic (exact) mass is 338 g/mol. The van der Waals surface area contributed by atoms with E-state index in [0.717, 1.165) is 0 Å². The van der Waals surface area contributed by atoms with Crippen molar-refractivity contribution in [3.05, 3.63) is 11.6 Å². The van der Waals surface area contributed by atoms with E-state index in [9.17, 15) is 15.0 Å². The van der Waals surface area contributed by atoms with Crippen LogP contribution in [0.2, 0.25) is 5.28 Å². The van der Waals surface area contributed by atoms with Crippen molar-refractivity contribution in [3.8, 4) is 0 Å². The van der Waals surface area contributed by atoms with Gasteiger partial charge in [-0.1, -0.05) is 0 Å². The Kier molecular flexibility index (Phi) is 2.88. The van der Waals surface area contributed by atoms with Crippen LogP contribution in [0, 0.1) is 11.3 Å². The number of rotatable bonds is 2. The average Bonchev–Trinajstić information content (AvgIpc) is 3.05. The fourth-order valence-corrected chi connectivity index (χ4v) is 4.09. The van der Waals surface area contributed by atoms with Gasteiger partial charge in [0.15, 0.2) is 11.5 Å². The van der Waals surface area contributed by atoms with E-state index in [0.29, 0.717) is 17.6 Å². The Balaban J connectivity index is 1.82. The number of amides is 1. The van der Waals surface area contributed by atoms with Crippen LogP contribution in [0.1, 0.15) is 12.5 Å². The standard InChI is InChI=1S/C13H15ClN6O3/c1-16-11(23)13-2-4(13)6(7(21)8(13)22)20-3-17-5-9(15)18-12(14)19-10(5)20/h3-4,6-8,21-22H,2H2,1H3,(H,16,23)(H2,15,18,19)/t4-,6-,7+,8+,13+/m1/s1. The molecule has 2 aliphatic rings. The van der Waals surface area contributed by atoms with Gasteiger partial charge in [-0.05, 0) is 18.0 Å². The molecule has 2 aromatic rings. The van der Waals surface area contributed by atoms with Crippen molar-refractivity contribution in [2.45, 2.75) is 24.7 Å². The van der Waals surface area contributed by atoms with Gasteiger partial charge in [0.2, 0.25) is 11.2 Å². The van der Waals surface area contributed by atoms with E-state index < -0.39 is 23.7 Å². The molecule has 0 saturated heterocycles. The minimum atomic E-state index is -1.15. The van der Waals surface area contributed by atoms with E-state index >= 15 is 0 Å². The number of nitrogen functional groups attached to an aromatic ring is 1. The molecule has 2 aromatic heterocycles. The fraction of sp³-hybridized carbons (Fsp3) is 0.538. The molecule has 2 saturated carbocycles. The first-order valence-electron chi connectivity index (χ1n) is 7.15. The molecule has 5 N–H and O–H groups in total. The van der Waals surface area contributed by atoms with Crippen molar-refractivity contribution in [2.75, 3.05) is 12.8 Å². The average molecular weight is 339 g/mol. The predicted octanol–water partition coefficient (Wildman–Crippen LogP) is -0.909. The molecule has 0 aliphatic heterocycles. The van der Waals surface area contributed by atoms with Crippen molar-refractivity contribution in [1.29, 1.82) is 0 Å². The van der Waals surface area contributed by atoms with Crippen molar-refractivity contribution >= 4 is 34.5 Å². The summed E-state index contributed by atoms with van der Waals surface area (Å²) < 4.78 is 1.62. The van der Waals surface area contributed by atoms with Gasteiger partial charge in [-0.15, -0.1) is 0 Å². The second-order valence-electron chi connectivity index (χ2n) is 6.06. The number of hydrogen-bond donors (Lipinski definition) is 4. The smallest absolute Gasteiger partial charge is 0.229 e. The Morgan fingerprint density at radius 2 is 2.26 bits per heavy atom. The number of fused-ring (bicyclic) bond motifs is 2. The van der Waals surface area contributed by atoms with Gasteiger partial charge in [0.1, 0.15) is 11.6 Å². The molecule has 0 spiro atoms. The number of nitrogens with zero attached hydrogens (tertiary/aromatic N) is 4. The second kappa shape index (κ2) is 4.53. The summed E-state index contributed by atoms with van der Waals surface area (Å²) in [7, 11) is 1.51. The summed E-state index contributed by atoms with van der Waals surface area (Å²) in [4.78, 5) is 24.3. The van der Waals surface area contributed by atoms with Crippen LogP contribution in [0.5, 0.6) is 0 Å². The maximum absolute atomic E-state index is 12.1. The molecule has 4 rings (SSSR count). The van der Waals surface area contributed by atoms with Crippen LogP contribution >= 0.6 is 11.6 Å². The summed E-state index contributed by atoms with van der Waals surface area (Å²) in [5.41, 5.74) is 5.57. The molecule has 2 fully saturated rings. The molecule has 10 heteroatoms. The van der Waals surface area contributed by atoms with E-state index in [1.807, 2.05) is 0 Å². The Hall–Kier alpha value is -1.97. The number of nitrogens with one attached hydrogen (secondary N) is 1. The largest absolute Gasteiger partial charge is 0.389 e. The van der Waals surface area contributed by atoms with Gasteiger partial charge in [-0.3, -0.25) is 4.79 Å². The van der Waals surface area contributed by atoms with E-state index in [-0.39, 0.29) is 22.9 Å². The SMILES string of the molecule is CNC(=O)[C@@]12C[C@@H]1[C@@H](n1cnc3c(N)nc(Cl)nc31)[C@H](O)[C@@H]2O. The number of imidazole rings is 1. The summed E-state index contributed by atoms with van der Waals surface area (Å²) in [5.74, 6) is -0.340. The van der Waals surface area contributed by atoms with Crippen LogP contribution in [0.25, 0.3) is 11.2 Å². The molecular weight excluding hydrogens is 324 g/mol. The first-order chi connectivity index (χ1) is 10.9. The lowest BCUT2D eigenvalue weighted by molar-refractivity contribution is -0.132. The van der Waals surface area contributed by atoms with Gasteiger partial charge in [-0.2, -0.15) is 9.97 Å². The highest BCUT2D eigenvalue weighted by Crippen LogP contribution is 2.67. The Morgan fingerprint density at radius 1 is 1.52 bits per heavy atom. The quantitative estimate of drug-likeness (QED) is 0.520. The third kappa shape index (κ3) is 1.69. The third-order valence-corrected chi connectivity index (χ3v) is 5.23. The minimum Gasteiger partial charge on any atom is -0.389 e. The Bertz CT molecular complexity index is 825. The summed E-state index contributed by atoms with van der Waals surface area (Å²) in [6, 6.07) is -0.530. The van der Waals surface area contributed by atoms with Gasteiger partial charge in [0.25, 0.3) is 0 Å². The molecule has 122 valence electrons. The van der Waals surface area contributed by atoms with E-state index in [1.165, 1.54) is 13.4 Å². The van der Waals surface area contributed by atoms with Crippen LogP contribution in [-0.4, -0.2) is 54.9 Å². The number of aliphatic hydroxyl groups excluding tert-OH is 2. The van der Waals surface area contributed by atoms with E-state index in [2.05, 4.69) is 20.3 Å². The predicted molar refractivity (Wildman–Crippen MR) is 80.4 cm³/mol. The van der Waals surface area contributed by atoms with Gasteiger partial charge in [0, 0.05) is 13.0 Å². The van der Waals surface area contributed by atoms with Gasteiger partial charge in [0.05, 0.1) is 23.9 Å². The molecule has 1 amide bonds. The van der Waals surface area contributed by atoms with Crippen molar-refractivity contribution in [1.82, 2.24) is 24.8 Å². The van der Waals surface area contributed by atoms with Crippen molar-refractivity contribution in [3.63, 3.8) is 0 Å². The first-order valence-corrected chi connectivity index (χ1v) is 7.53. The molecule has 0 radical (unpaired) electrons. The molecule has 2 heterocycles. The number of aliphatic hydroxyl groups is 2. The highest BCUT2D eigenvalue weighted by molar-refractivity contribution is 6.28. The zero-order chi connectivity index (χ0) is 16.5. The highest BCUT2D eigenvalue weighted by Gasteiger charge is 2.75. The van der Waals surface area contributed by atoms with Crippen LogP contribution in [-0.2, 0) is 4.79 Å². The topological polar surface area (TPSA) is 139 Å². The molecule has 5 atom stereocenters. The molecule has 0 bridgehead atoms. The van der Waals surface area contributed by atoms with Crippen molar-refractivity contribution in [2.24, 2.45) is 11.3 Å². The summed E-state index contributed by atoms with van der Waals surface area (Å²) in [6.45, 7) is 0. The van der Waals surface area contributed by atoms with E-state index in [4.69, 9.17) is 17.3 Å². The minimum absolute atomic E-state index is 0.0295. The highest BCUT2D eigenvalue weighted by atomic mass is 35.5. The van der Waals surface area contributed by atoms with Crippen LogP contribution in [0.4, 0.5) is 5.82 Å². The van der Waals surface area contributed by atoms with Crippen LogP contribution in [0.3, 0.4) is 0 Å². The molecule has 0 unspecified atom stereocenters. The normalized spacial score (nSPS) is 35.3. The number of carbonyl (C=O) groups excluding carboxylic acids is 1. The number of aromatic nitrogens is 4. The molecule has 2 aliphatic carbocycles. The van der Waals surface area contributed by atoms with Crippen LogP contribution in [0.15, 0.2) is 6.33 Å². The molecule has 23 heavy (non-hydrogen) atoms. The number of carbonyl (C=O) groups is 1. The van der Waals surface area contributed by atoms with Gasteiger partial charge >= 0.3 is 0 Å². The zero-order valence-electron chi connectivity index (χ0n) is 12.1. The lowest BCUT2D eigenvalue weighted by Gasteiger charge is -2.23. The van der Waals surface area contributed by atoms with E-state index in [1.54, 1.807) is 4.57 Å². The molecule has 9 nitrogen and oxygen atoms in total. The maximum Gasteiger partial charge on any atom is 0.229 e. The van der Waals surface area contributed by atoms with Crippen molar-refractivity contribution < 1.29 is 15.0 Å². The third-order valence-electron chi connectivity index (χ3n) is 5.06. The summed E-state index contributed by atoms with van der Waals surface area (Å²) >= 11 is 5.85. The Labute approximate surface area is 135 Å². The Morgan fingerprint density at radius 3 is 2.96 bits per heavy atom. The maximum atomic E-state index is 12.1. The molecule has 0 aromatic carbocycles. The summed E-state index contributed by atoms with van der Waals surface area (Å²) in [5, 5.41) is 23.4. The fourth-order valence-electron chi connectivity index (χ4n) is 3.92. The lowest BCUT2D eigenvalue weighted by atomic mass is 9.98. The first kappa shape index (κ1) is 14.6. The van der Waals surface area contributed by atoms with Crippen LogP contribution < -0.4 is 11.1 Å². The lowest BCUT2D eigenvalue weighted by Crippen LogP contribution is -2.41. The van der Waals surface area contributed by atoms with Gasteiger partial charge in [-0.25, -0.2) is 4.98 Å². The number of hydrogen-bond acceptors (Lipinski definition) is 7. The number of anilines is 1. The zero-order valence-corrected chi connectivity index (χ0v) is 12.9. The summed E-state index contributed by atoms with van der Waals surface area (Å²) in [6.07, 6.45) is -0.294.